The lowest BCUT2D eigenvalue weighted by Gasteiger charge is -2.11. The maximum atomic E-state index is 13.7. The van der Waals surface area contributed by atoms with Crippen molar-refractivity contribution in [3.8, 4) is 11.8 Å². The van der Waals surface area contributed by atoms with Crippen molar-refractivity contribution in [2.45, 2.75) is 6.61 Å². The van der Waals surface area contributed by atoms with E-state index in [1.165, 1.54) is 18.2 Å². The summed E-state index contributed by atoms with van der Waals surface area (Å²) in [7, 11) is 0. The molecule has 2 rings (SSSR count). The van der Waals surface area contributed by atoms with E-state index in [1.807, 2.05) is 6.07 Å². The first-order valence-corrected chi connectivity index (χ1v) is 6.24. The van der Waals surface area contributed by atoms with Crippen LogP contribution < -0.4 is 4.74 Å². The van der Waals surface area contributed by atoms with Gasteiger partial charge in [-0.3, -0.25) is 0 Å². The number of rotatable bonds is 4. The number of halogens is 2. The molecule has 1 N–H and O–H groups in total. The fraction of sp³-hybridized carbons (Fsp3) is 0.0667. The third-order valence-corrected chi connectivity index (χ3v) is 3.10. The van der Waals surface area contributed by atoms with E-state index in [2.05, 4.69) is 0 Å². The third kappa shape index (κ3) is 3.30. The minimum Gasteiger partial charge on any atom is -0.485 e. The zero-order valence-electron chi connectivity index (χ0n) is 10.6. The standard InChI is InChI=1S/C15H9ClFNO3/c16-12-6-9(7-18)4-5-10(12)8-21-14-11(15(19)20)2-1-3-13(14)17/h1-6H,8H2,(H,19,20). The second-order valence-corrected chi connectivity index (χ2v) is 4.54. The van der Waals surface area contributed by atoms with Gasteiger partial charge in [-0.05, 0) is 24.3 Å². The Kier molecular flexibility index (Phi) is 4.41. The average molecular weight is 306 g/mol. The SMILES string of the molecule is N#Cc1ccc(COc2c(F)cccc2C(=O)O)c(Cl)c1. The van der Waals surface area contributed by atoms with Gasteiger partial charge >= 0.3 is 5.97 Å². The van der Waals surface area contributed by atoms with Gasteiger partial charge in [-0.15, -0.1) is 0 Å². The van der Waals surface area contributed by atoms with Gasteiger partial charge in [0.1, 0.15) is 12.2 Å². The molecule has 0 bridgehead atoms. The van der Waals surface area contributed by atoms with E-state index in [1.54, 1.807) is 12.1 Å². The van der Waals surface area contributed by atoms with Crippen molar-refractivity contribution in [2.75, 3.05) is 0 Å². The molecular weight excluding hydrogens is 297 g/mol. The minimum atomic E-state index is -1.28. The first kappa shape index (κ1) is 14.8. The van der Waals surface area contributed by atoms with Gasteiger partial charge in [-0.25, -0.2) is 9.18 Å². The monoisotopic (exact) mass is 305 g/mol. The Morgan fingerprint density at radius 2 is 2.14 bits per heavy atom. The Bertz CT molecular complexity index is 740. The summed E-state index contributed by atoms with van der Waals surface area (Å²) in [6.45, 7) is -0.105. The summed E-state index contributed by atoms with van der Waals surface area (Å²) in [5.41, 5.74) is 0.649. The molecule has 0 radical (unpaired) electrons. The van der Waals surface area contributed by atoms with Crippen molar-refractivity contribution in [1.82, 2.24) is 0 Å². The summed E-state index contributed by atoms with van der Waals surface area (Å²) >= 11 is 5.98. The Hall–Kier alpha value is -2.58. The summed E-state index contributed by atoms with van der Waals surface area (Å²) in [6, 6.07) is 10.2. The van der Waals surface area contributed by atoms with Crippen LogP contribution in [0.4, 0.5) is 4.39 Å². The molecule has 0 atom stereocenters. The molecule has 0 unspecified atom stereocenters. The zero-order valence-corrected chi connectivity index (χ0v) is 11.4. The molecule has 0 aliphatic carbocycles. The quantitative estimate of drug-likeness (QED) is 0.936. The molecule has 0 spiro atoms. The van der Waals surface area contributed by atoms with Gasteiger partial charge in [0.25, 0.3) is 0 Å². The lowest BCUT2D eigenvalue weighted by Crippen LogP contribution is -2.05. The van der Waals surface area contributed by atoms with Crippen molar-refractivity contribution in [3.05, 3.63) is 63.9 Å². The number of carboxylic acids is 1. The number of carboxylic acid groups (broad SMARTS) is 1. The van der Waals surface area contributed by atoms with Crippen LogP contribution in [0.5, 0.6) is 5.75 Å². The van der Waals surface area contributed by atoms with Crippen molar-refractivity contribution < 1.29 is 19.0 Å². The van der Waals surface area contributed by atoms with Crippen LogP contribution in [0.15, 0.2) is 36.4 Å². The molecule has 0 amide bonds. The van der Waals surface area contributed by atoms with Crippen LogP contribution in [0.1, 0.15) is 21.5 Å². The van der Waals surface area contributed by atoms with Gasteiger partial charge < -0.3 is 9.84 Å². The highest BCUT2D eigenvalue weighted by Crippen LogP contribution is 2.25. The first-order valence-electron chi connectivity index (χ1n) is 5.86. The molecule has 0 aliphatic heterocycles. The number of hydrogen-bond acceptors (Lipinski definition) is 3. The Morgan fingerprint density at radius 3 is 2.76 bits per heavy atom. The lowest BCUT2D eigenvalue weighted by atomic mass is 10.1. The summed E-state index contributed by atoms with van der Waals surface area (Å²) in [5, 5.41) is 18.0. The van der Waals surface area contributed by atoms with Crippen LogP contribution in [0.3, 0.4) is 0 Å². The second-order valence-electron chi connectivity index (χ2n) is 4.13. The van der Waals surface area contributed by atoms with Gasteiger partial charge in [0.15, 0.2) is 11.6 Å². The number of hydrogen-bond donors (Lipinski definition) is 1. The summed E-state index contributed by atoms with van der Waals surface area (Å²) in [5.74, 6) is -2.39. The molecule has 0 saturated carbocycles. The third-order valence-electron chi connectivity index (χ3n) is 2.75. The Morgan fingerprint density at radius 1 is 1.38 bits per heavy atom. The van der Waals surface area contributed by atoms with E-state index in [0.717, 1.165) is 6.07 Å². The Balaban J connectivity index is 2.25. The normalized spacial score (nSPS) is 9.95. The van der Waals surface area contributed by atoms with Crippen LogP contribution >= 0.6 is 11.6 Å². The highest BCUT2D eigenvalue weighted by atomic mass is 35.5. The van der Waals surface area contributed by atoms with Gasteiger partial charge in [0, 0.05) is 10.6 Å². The second kappa shape index (κ2) is 6.25. The molecule has 0 fully saturated rings. The molecule has 2 aromatic rings. The predicted octanol–water partition coefficient (Wildman–Crippen LogP) is 3.63. The molecule has 6 heteroatoms. The van der Waals surface area contributed by atoms with E-state index in [4.69, 9.17) is 26.7 Å². The number of benzene rings is 2. The van der Waals surface area contributed by atoms with E-state index < -0.39 is 11.8 Å². The first-order chi connectivity index (χ1) is 10.0. The van der Waals surface area contributed by atoms with E-state index >= 15 is 0 Å². The molecule has 21 heavy (non-hydrogen) atoms. The van der Waals surface area contributed by atoms with Crippen LogP contribution in [0, 0.1) is 17.1 Å². The minimum absolute atomic E-state index is 0.105. The maximum absolute atomic E-state index is 13.7. The molecule has 2 aromatic carbocycles. The molecule has 4 nitrogen and oxygen atoms in total. The molecular formula is C15H9ClFNO3. The van der Waals surface area contributed by atoms with E-state index in [9.17, 15) is 9.18 Å². The smallest absolute Gasteiger partial charge is 0.339 e. The topological polar surface area (TPSA) is 70.3 Å². The summed E-state index contributed by atoms with van der Waals surface area (Å²) in [6.07, 6.45) is 0. The molecule has 0 aromatic heterocycles. The van der Waals surface area contributed by atoms with Crippen LogP contribution in [0.2, 0.25) is 5.02 Å². The van der Waals surface area contributed by atoms with Crippen molar-refractivity contribution in [2.24, 2.45) is 0 Å². The molecule has 0 heterocycles. The van der Waals surface area contributed by atoms with E-state index in [0.29, 0.717) is 16.1 Å². The van der Waals surface area contributed by atoms with Crippen molar-refractivity contribution >= 4 is 17.6 Å². The summed E-state index contributed by atoms with van der Waals surface area (Å²) in [4.78, 5) is 11.0. The number of para-hydroxylation sites is 1. The van der Waals surface area contributed by atoms with Crippen LogP contribution in [0.25, 0.3) is 0 Å². The number of carbonyl (C=O) groups is 1. The van der Waals surface area contributed by atoms with Crippen LogP contribution in [-0.4, -0.2) is 11.1 Å². The van der Waals surface area contributed by atoms with Crippen molar-refractivity contribution in [1.29, 1.82) is 5.26 Å². The highest BCUT2D eigenvalue weighted by molar-refractivity contribution is 6.31. The molecule has 106 valence electrons. The largest absolute Gasteiger partial charge is 0.485 e. The average Bonchev–Trinajstić information content (AvgIpc) is 2.46. The maximum Gasteiger partial charge on any atom is 0.339 e. The highest BCUT2D eigenvalue weighted by Gasteiger charge is 2.16. The van der Waals surface area contributed by atoms with E-state index in [-0.39, 0.29) is 17.9 Å². The number of nitrogens with zero attached hydrogens (tertiary/aromatic N) is 1. The fourth-order valence-corrected chi connectivity index (χ4v) is 1.94. The lowest BCUT2D eigenvalue weighted by molar-refractivity contribution is 0.0690. The van der Waals surface area contributed by atoms with Gasteiger partial charge in [-0.1, -0.05) is 23.7 Å². The van der Waals surface area contributed by atoms with Gasteiger partial charge in [0.05, 0.1) is 11.6 Å². The summed E-state index contributed by atoms with van der Waals surface area (Å²) < 4.78 is 18.9. The molecule has 0 saturated heterocycles. The van der Waals surface area contributed by atoms with Gasteiger partial charge in [-0.2, -0.15) is 5.26 Å². The Labute approximate surface area is 125 Å². The fourth-order valence-electron chi connectivity index (χ4n) is 1.71. The van der Waals surface area contributed by atoms with Crippen LogP contribution in [-0.2, 0) is 6.61 Å². The molecule has 0 aliphatic rings. The van der Waals surface area contributed by atoms with Gasteiger partial charge in [0.2, 0.25) is 0 Å². The predicted molar refractivity (Wildman–Crippen MR) is 73.9 cm³/mol. The number of nitriles is 1. The zero-order chi connectivity index (χ0) is 15.4. The number of ether oxygens (including phenoxy) is 1. The van der Waals surface area contributed by atoms with Crippen molar-refractivity contribution in [3.63, 3.8) is 0 Å². The number of aromatic carboxylic acids is 1.